The molecule has 0 fully saturated rings. The average molecular weight is 214 g/mol. The molecule has 0 aliphatic carbocycles. The van der Waals surface area contributed by atoms with Crippen molar-refractivity contribution in [3.8, 4) is 0 Å². The van der Waals surface area contributed by atoms with Crippen LogP contribution < -0.4 is 17.7 Å². The van der Waals surface area contributed by atoms with Crippen LogP contribution in [0.4, 0.5) is 0 Å². The average Bonchev–Trinajstić information content (AvgIpc) is 2.19. The summed E-state index contributed by atoms with van der Waals surface area (Å²) >= 11 is 0. The van der Waals surface area contributed by atoms with E-state index in [0.717, 1.165) is 0 Å². The van der Waals surface area contributed by atoms with Crippen LogP contribution in [0.5, 0.6) is 0 Å². The van der Waals surface area contributed by atoms with Crippen molar-refractivity contribution in [3.05, 3.63) is 35.9 Å². The van der Waals surface area contributed by atoms with E-state index < -0.39 is 0 Å². The third-order valence-corrected chi connectivity index (χ3v) is 2.21. The third kappa shape index (κ3) is 6.01. The number of nitrogens with two attached hydrogens (primary N) is 1. The number of aryl methyl sites for hydroxylation is 1. The van der Waals surface area contributed by atoms with Crippen molar-refractivity contribution in [1.29, 1.82) is 0 Å². The van der Waals surface area contributed by atoms with Crippen molar-refractivity contribution >= 4 is 0 Å². The van der Waals surface area contributed by atoms with Gasteiger partial charge in [0, 0.05) is 6.42 Å². The zero-order valence-corrected chi connectivity index (χ0v) is 9.63. The summed E-state index contributed by atoms with van der Waals surface area (Å²) in [6.45, 7) is 4.77. The predicted molar refractivity (Wildman–Crippen MR) is 56.7 cm³/mol. The molecule has 0 saturated carbocycles. The van der Waals surface area contributed by atoms with Crippen molar-refractivity contribution in [2.75, 3.05) is 13.1 Å². The van der Waals surface area contributed by atoms with E-state index in [-0.39, 0.29) is 12.4 Å². The fourth-order valence-electron chi connectivity index (χ4n) is 1.44. The summed E-state index contributed by atoms with van der Waals surface area (Å²) in [5.74, 6) is 0. The fraction of sp³-hybridized carbons (Fsp3) is 0.500. The van der Waals surface area contributed by atoms with Crippen LogP contribution >= 0.6 is 0 Å². The van der Waals surface area contributed by atoms with Crippen molar-refractivity contribution in [2.24, 2.45) is 0 Å². The van der Waals surface area contributed by atoms with Crippen LogP contribution in [0.1, 0.15) is 25.3 Å². The molecule has 0 heterocycles. The van der Waals surface area contributed by atoms with Gasteiger partial charge in [0.2, 0.25) is 0 Å². The Balaban J connectivity index is 0.00000169. The number of hydrogen-bond donors (Lipinski definition) is 1. The number of quaternary nitrogens is 1. The Kier molecular flexibility index (Phi) is 8.70. The highest BCUT2D eigenvalue weighted by atomic mass is 35.5. The molecule has 1 nitrogen and oxygen atoms in total. The minimum atomic E-state index is 0. The molecule has 0 amide bonds. The molecule has 1 rings (SSSR count). The zero-order valence-electron chi connectivity index (χ0n) is 8.88. The van der Waals surface area contributed by atoms with Gasteiger partial charge in [-0.15, -0.1) is 0 Å². The van der Waals surface area contributed by atoms with E-state index in [0.29, 0.717) is 0 Å². The first kappa shape index (κ1) is 13.5. The van der Waals surface area contributed by atoms with E-state index in [1.807, 2.05) is 0 Å². The summed E-state index contributed by atoms with van der Waals surface area (Å²) < 4.78 is 0. The molecule has 80 valence electrons. The van der Waals surface area contributed by atoms with Gasteiger partial charge in [-0.2, -0.15) is 0 Å². The van der Waals surface area contributed by atoms with Gasteiger partial charge >= 0.3 is 0 Å². The summed E-state index contributed by atoms with van der Waals surface area (Å²) in [5, 5.41) is 2.41. The van der Waals surface area contributed by atoms with E-state index in [1.54, 1.807) is 0 Å². The zero-order chi connectivity index (χ0) is 9.36. The molecule has 0 spiro atoms. The van der Waals surface area contributed by atoms with E-state index in [4.69, 9.17) is 0 Å². The summed E-state index contributed by atoms with van der Waals surface area (Å²) in [6.07, 6.45) is 3.80. The van der Waals surface area contributed by atoms with Gasteiger partial charge in [-0.1, -0.05) is 37.3 Å². The second-order valence-electron chi connectivity index (χ2n) is 3.46. The molecule has 1 aromatic carbocycles. The predicted octanol–water partition coefficient (Wildman–Crippen LogP) is -1.40. The lowest BCUT2D eigenvalue weighted by atomic mass is 10.1. The highest BCUT2D eigenvalue weighted by molar-refractivity contribution is 5.14. The number of halogens is 1. The molecule has 0 bridgehead atoms. The molecule has 14 heavy (non-hydrogen) atoms. The Hall–Kier alpha value is -0.530. The topological polar surface area (TPSA) is 16.6 Å². The van der Waals surface area contributed by atoms with Gasteiger partial charge < -0.3 is 17.7 Å². The lowest BCUT2D eigenvalue weighted by Crippen LogP contribution is -3.00. The summed E-state index contributed by atoms with van der Waals surface area (Å²) in [5.41, 5.74) is 1.47. The van der Waals surface area contributed by atoms with E-state index >= 15 is 0 Å². The van der Waals surface area contributed by atoms with Gasteiger partial charge in [0.1, 0.15) is 0 Å². The monoisotopic (exact) mass is 213 g/mol. The smallest absolute Gasteiger partial charge is 0.0758 e. The van der Waals surface area contributed by atoms with Crippen molar-refractivity contribution in [1.82, 2.24) is 0 Å². The standard InChI is InChI=1S/C12H19N.ClH/c1-2-10-13-11-6-9-12-7-4-3-5-8-12;/h3-5,7-8,13H,2,6,9-11H2,1H3;1H. The lowest BCUT2D eigenvalue weighted by Gasteiger charge is -2.00. The first-order chi connectivity index (χ1) is 6.43. The molecule has 0 aliphatic rings. The Morgan fingerprint density at radius 2 is 1.79 bits per heavy atom. The van der Waals surface area contributed by atoms with Gasteiger partial charge in [0.15, 0.2) is 0 Å². The van der Waals surface area contributed by atoms with Gasteiger partial charge in [-0.3, -0.25) is 0 Å². The third-order valence-electron chi connectivity index (χ3n) is 2.21. The number of rotatable bonds is 6. The maximum Gasteiger partial charge on any atom is 0.0758 e. The van der Waals surface area contributed by atoms with Gasteiger partial charge in [-0.05, 0) is 18.4 Å². The van der Waals surface area contributed by atoms with Crippen LogP contribution in [0, 0.1) is 0 Å². The molecule has 0 saturated heterocycles. The Morgan fingerprint density at radius 3 is 2.43 bits per heavy atom. The van der Waals surface area contributed by atoms with Crippen LogP contribution in [0.2, 0.25) is 0 Å². The molecule has 1 aromatic rings. The quantitative estimate of drug-likeness (QED) is 0.560. The second kappa shape index (κ2) is 9.04. The van der Waals surface area contributed by atoms with Crippen LogP contribution in [0.15, 0.2) is 30.3 Å². The first-order valence-corrected chi connectivity index (χ1v) is 5.29. The summed E-state index contributed by atoms with van der Waals surface area (Å²) in [4.78, 5) is 0. The second-order valence-corrected chi connectivity index (χ2v) is 3.46. The van der Waals surface area contributed by atoms with Gasteiger partial charge in [-0.25, -0.2) is 0 Å². The Morgan fingerprint density at radius 1 is 1.07 bits per heavy atom. The molecular formula is C12H20ClN. The minimum Gasteiger partial charge on any atom is -1.00 e. The largest absolute Gasteiger partial charge is 1.00 e. The van der Waals surface area contributed by atoms with E-state index in [2.05, 4.69) is 42.6 Å². The lowest BCUT2D eigenvalue weighted by molar-refractivity contribution is -0.654. The van der Waals surface area contributed by atoms with Crippen molar-refractivity contribution < 1.29 is 17.7 Å². The number of benzene rings is 1. The molecule has 0 atom stereocenters. The minimum absolute atomic E-state index is 0. The molecule has 2 heteroatoms. The number of hydrogen-bond acceptors (Lipinski definition) is 0. The van der Waals surface area contributed by atoms with Crippen molar-refractivity contribution in [2.45, 2.75) is 26.2 Å². The Bertz CT molecular complexity index is 211. The summed E-state index contributed by atoms with van der Waals surface area (Å²) in [6, 6.07) is 10.7. The van der Waals surface area contributed by atoms with Crippen LogP contribution in [-0.4, -0.2) is 13.1 Å². The highest BCUT2D eigenvalue weighted by Crippen LogP contribution is 2.00. The van der Waals surface area contributed by atoms with Crippen LogP contribution in [0.3, 0.4) is 0 Å². The molecule has 0 aliphatic heterocycles. The Labute approximate surface area is 93.3 Å². The summed E-state index contributed by atoms with van der Waals surface area (Å²) in [7, 11) is 0. The van der Waals surface area contributed by atoms with E-state index in [9.17, 15) is 0 Å². The normalized spacial score (nSPS) is 9.50. The maximum atomic E-state index is 2.41. The molecule has 2 N–H and O–H groups in total. The van der Waals surface area contributed by atoms with Crippen LogP contribution in [0.25, 0.3) is 0 Å². The fourth-order valence-corrected chi connectivity index (χ4v) is 1.44. The SMILES string of the molecule is CCC[NH2+]CCCc1ccccc1.[Cl-]. The molecule has 0 unspecified atom stereocenters. The van der Waals surface area contributed by atoms with Gasteiger partial charge in [0.05, 0.1) is 13.1 Å². The van der Waals surface area contributed by atoms with Crippen LogP contribution in [-0.2, 0) is 6.42 Å². The van der Waals surface area contributed by atoms with Crippen molar-refractivity contribution in [3.63, 3.8) is 0 Å². The van der Waals surface area contributed by atoms with E-state index in [1.165, 1.54) is 37.9 Å². The molecule has 0 radical (unpaired) electrons. The molecule has 0 aromatic heterocycles. The maximum absolute atomic E-state index is 2.41. The highest BCUT2D eigenvalue weighted by Gasteiger charge is 1.92. The van der Waals surface area contributed by atoms with Gasteiger partial charge in [0.25, 0.3) is 0 Å². The molecular weight excluding hydrogens is 194 g/mol. The first-order valence-electron chi connectivity index (χ1n) is 5.29.